The monoisotopic (exact) mass is 404 g/mol. The average molecular weight is 405 g/mol. The number of esters is 1. The van der Waals surface area contributed by atoms with Gasteiger partial charge in [-0.2, -0.15) is 11.3 Å². The van der Waals surface area contributed by atoms with Gasteiger partial charge in [-0.05, 0) is 54.0 Å². The van der Waals surface area contributed by atoms with E-state index in [1.165, 1.54) is 19.6 Å². The molecule has 1 N–H and O–H groups in total. The number of thiophene rings is 1. The Hall–Kier alpha value is -2.15. The minimum atomic E-state index is -0.406. The predicted molar refractivity (Wildman–Crippen MR) is 108 cm³/mol. The summed E-state index contributed by atoms with van der Waals surface area (Å²) in [6.45, 7) is 0.435. The molecule has 3 atom stereocenters. The molecule has 1 aromatic heterocycles. The third-order valence-corrected chi connectivity index (χ3v) is 6.41. The van der Waals surface area contributed by atoms with Crippen molar-refractivity contribution in [2.24, 2.45) is 5.92 Å². The van der Waals surface area contributed by atoms with Gasteiger partial charge in [-0.25, -0.2) is 4.79 Å². The third-order valence-electron chi connectivity index (χ3n) is 5.68. The molecule has 0 spiro atoms. The van der Waals surface area contributed by atoms with E-state index >= 15 is 0 Å². The van der Waals surface area contributed by atoms with E-state index in [-0.39, 0.29) is 23.9 Å². The Bertz CT molecular complexity index is 716. The first-order valence-corrected chi connectivity index (χ1v) is 10.9. The van der Waals surface area contributed by atoms with Gasteiger partial charge in [0.25, 0.3) is 0 Å². The first kappa shape index (κ1) is 20.6. The average Bonchev–Trinajstić information content (AvgIpc) is 3.34. The van der Waals surface area contributed by atoms with Gasteiger partial charge in [-0.3, -0.25) is 9.59 Å². The molecule has 7 heteroatoms. The van der Waals surface area contributed by atoms with Crippen LogP contribution in [0.1, 0.15) is 44.1 Å². The number of amides is 2. The minimum absolute atomic E-state index is 0.0542. The molecule has 28 heavy (non-hydrogen) atoms. The van der Waals surface area contributed by atoms with E-state index < -0.39 is 5.97 Å². The number of ether oxygens (including phenoxy) is 1. The molecule has 0 aromatic carbocycles. The lowest BCUT2D eigenvalue weighted by Gasteiger charge is -2.33. The zero-order valence-corrected chi connectivity index (χ0v) is 17.1. The second-order valence-electron chi connectivity index (χ2n) is 7.48. The smallest absolute Gasteiger partial charge is 0.330 e. The van der Waals surface area contributed by atoms with E-state index in [2.05, 4.69) is 10.1 Å². The van der Waals surface area contributed by atoms with Crippen molar-refractivity contribution in [2.45, 2.75) is 57.0 Å². The summed E-state index contributed by atoms with van der Waals surface area (Å²) in [7, 11) is 1.33. The molecule has 1 aliphatic heterocycles. The van der Waals surface area contributed by atoms with Crippen molar-refractivity contribution < 1.29 is 19.1 Å². The number of methoxy groups -OCH3 is 1. The number of hydrogen-bond donors (Lipinski definition) is 1. The van der Waals surface area contributed by atoms with Crippen molar-refractivity contribution in [3.63, 3.8) is 0 Å². The van der Waals surface area contributed by atoms with E-state index in [1.807, 2.05) is 21.7 Å². The van der Waals surface area contributed by atoms with Crippen molar-refractivity contribution >= 4 is 29.1 Å². The van der Waals surface area contributed by atoms with E-state index in [0.29, 0.717) is 25.3 Å². The zero-order chi connectivity index (χ0) is 19.9. The Morgan fingerprint density at radius 1 is 1.32 bits per heavy atom. The molecule has 1 saturated heterocycles. The summed E-state index contributed by atoms with van der Waals surface area (Å²) >= 11 is 1.58. The maximum absolute atomic E-state index is 13.1. The number of carbonyl (C=O) groups is 3. The first-order valence-electron chi connectivity index (χ1n) is 9.94. The highest BCUT2D eigenvalue weighted by Gasteiger charge is 2.47. The van der Waals surface area contributed by atoms with Crippen LogP contribution in [0.25, 0.3) is 0 Å². The number of likely N-dealkylation sites (tertiary alicyclic amines) is 1. The van der Waals surface area contributed by atoms with E-state index in [1.54, 1.807) is 17.4 Å². The fourth-order valence-corrected chi connectivity index (χ4v) is 5.02. The second-order valence-corrected chi connectivity index (χ2v) is 8.26. The fourth-order valence-electron chi connectivity index (χ4n) is 4.36. The molecular formula is C21H28N2O4S. The van der Waals surface area contributed by atoms with Gasteiger partial charge in [-0.15, -0.1) is 0 Å². The highest BCUT2D eigenvalue weighted by Crippen LogP contribution is 2.40. The van der Waals surface area contributed by atoms with Crippen LogP contribution in [-0.2, 0) is 25.5 Å². The number of rotatable bonds is 7. The molecular weight excluding hydrogens is 376 g/mol. The molecule has 2 amide bonds. The summed E-state index contributed by atoms with van der Waals surface area (Å²) in [5.41, 5.74) is 1.02. The van der Waals surface area contributed by atoms with Crippen LogP contribution in [-0.4, -0.2) is 48.4 Å². The van der Waals surface area contributed by atoms with Crippen molar-refractivity contribution in [3.8, 4) is 0 Å². The van der Waals surface area contributed by atoms with E-state index in [4.69, 9.17) is 0 Å². The molecule has 0 unspecified atom stereocenters. The van der Waals surface area contributed by atoms with Crippen LogP contribution in [0.2, 0.25) is 0 Å². The molecule has 2 fully saturated rings. The van der Waals surface area contributed by atoms with Gasteiger partial charge >= 0.3 is 5.97 Å². The van der Waals surface area contributed by atoms with Gasteiger partial charge < -0.3 is 15.0 Å². The summed E-state index contributed by atoms with van der Waals surface area (Å²) < 4.78 is 4.54. The number of nitrogens with one attached hydrogen (secondary N) is 1. The molecule has 0 bridgehead atoms. The lowest BCUT2D eigenvalue weighted by atomic mass is 9.84. The maximum Gasteiger partial charge on any atom is 0.330 e. The van der Waals surface area contributed by atoms with Gasteiger partial charge in [0.05, 0.1) is 13.5 Å². The van der Waals surface area contributed by atoms with Crippen molar-refractivity contribution in [2.75, 3.05) is 13.7 Å². The van der Waals surface area contributed by atoms with Gasteiger partial charge in [-0.1, -0.05) is 18.9 Å². The molecule has 152 valence electrons. The van der Waals surface area contributed by atoms with Crippen LogP contribution < -0.4 is 5.32 Å². The van der Waals surface area contributed by atoms with Crippen molar-refractivity contribution in [1.29, 1.82) is 0 Å². The molecule has 2 aliphatic rings. The zero-order valence-electron chi connectivity index (χ0n) is 16.3. The number of hydrogen-bond acceptors (Lipinski definition) is 5. The summed E-state index contributed by atoms with van der Waals surface area (Å²) in [6.07, 6.45) is 9.08. The molecule has 1 aliphatic carbocycles. The Kier molecular flexibility index (Phi) is 7.25. The second kappa shape index (κ2) is 9.87. The van der Waals surface area contributed by atoms with Crippen LogP contribution >= 0.6 is 11.3 Å². The highest BCUT2D eigenvalue weighted by atomic mass is 32.1. The molecule has 2 heterocycles. The summed E-state index contributed by atoms with van der Waals surface area (Å²) in [5, 5.41) is 6.90. The fraction of sp³-hybridized carbons (Fsp3) is 0.571. The van der Waals surface area contributed by atoms with E-state index in [0.717, 1.165) is 31.2 Å². The van der Waals surface area contributed by atoms with Gasteiger partial charge in [0.15, 0.2) is 0 Å². The Labute approximate surface area is 169 Å². The van der Waals surface area contributed by atoms with Crippen LogP contribution in [0.15, 0.2) is 29.0 Å². The summed E-state index contributed by atoms with van der Waals surface area (Å²) in [4.78, 5) is 38.8. The third kappa shape index (κ3) is 5.01. The predicted octanol–water partition coefficient (Wildman–Crippen LogP) is 2.69. The number of carbonyl (C=O) groups excluding carboxylic acids is 3. The highest BCUT2D eigenvalue weighted by molar-refractivity contribution is 7.08. The quantitative estimate of drug-likeness (QED) is 0.431. The summed E-state index contributed by atoms with van der Waals surface area (Å²) in [6, 6.07) is 1.78. The van der Waals surface area contributed by atoms with Crippen molar-refractivity contribution in [1.82, 2.24) is 10.2 Å². The Balaban J connectivity index is 1.61. The van der Waals surface area contributed by atoms with Crippen molar-refractivity contribution in [3.05, 3.63) is 34.5 Å². The SMILES string of the molecule is COC(=O)/C=C/CCNC(=O)[C@@H]1C[C@@H]2CCCC[C@@H]2N1C(=O)Cc1ccsc1. The van der Waals surface area contributed by atoms with Gasteiger partial charge in [0.1, 0.15) is 6.04 Å². The Morgan fingerprint density at radius 2 is 2.14 bits per heavy atom. The lowest BCUT2D eigenvalue weighted by Crippen LogP contribution is -2.50. The molecule has 1 saturated carbocycles. The maximum atomic E-state index is 13.1. The van der Waals surface area contributed by atoms with Gasteiger partial charge in [0, 0.05) is 18.7 Å². The molecule has 6 nitrogen and oxygen atoms in total. The molecule has 1 aromatic rings. The Morgan fingerprint density at radius 3 is 2.89 bits per heavy atom. The van der Waals surface area contributed by atoms with Crippen LogP contribution in [0.3, 0.4) is 0 Å². The van der Waals surface area contributed by atoms with E-state index in [9.17, 15) is 14.4 Å². The first-order chi connectivity index (χ1) is 13.6. The largest absolute Gasteiger partial charge is 0.466 e. The lowest BCUT2D eigenvalue weighted by molar-refractivity contribution is -0.140. The molecule has 0 radical (unpaired) electrons. The minimum Gasteiger partial charge on any atom is -0.466 e. The van der Waals surface area contributed by atoms with Crippen LogP contribution in [0.5, 0.6) is 0 Å². The standard InChI is InChI=1S/C21H28N2O4S/c1-27-20(25)8-4-5-10-22-21(26)18-13-16-6-2-3-7-17(16)23(18)19(24)12-15-9-11-28-14-15/h4,8-9,11,14,16-18H,2-3,5-7,10,12-13H2,1H3,(H,22,26)/b8-4+/t16-,17-,18-/m0/s1. The van der Waals surface area contributed by atoms with Crippen LogP contribution in [0, 0.1) is 5.92 Å². The van der Waals surface area contributed by atoms with Gasteiger partial charge in [0.2, 0.25) is 11.8 Å². The van der Waals surface area contributed by atoms with Crippen LogP contribution in [0.4, 0.5) is 0 Å². The normalized spacial score (nSPS) is 24.2. The number of nitrogens with zero attached hydrogens (tertiary/aromatic N) is 1. The molecule has 3 rings (SSSR count). The topological polar surface area (TPSA) is 75.7 Å². The summed E-state index contributed by atoms with van der Waals surface area (Å²) in [5.74, 6) is -0.00962. The number of fused-ring (bicyclic) bond motifs is 1.